The number of nitro groups is 2. The van der Waals surface area contributed by atoms with Crippen molar-refractivity contribution in [2.24, 2.45) is 0 Å². The molecule has 0 unspecified atom stereocenters. The van der Waals surface area contributed by atoms with E-state index in [4.69, 9.17) is 28.2 Å². The average molecular weight is 958 g/mol. The van der Waals surface area contributed by atoms with E-state index in [1.54, 1.807) is 23.5 Å². The monoisotopic (exact) mass is 956 g/mol. The molecule has 2 aromatic heterocycles. The van der Waals surface area contributed by atoms with Crippen molar-refractivity contribution in [2.75, 3.05) is 62.2 Å². The average Bonchev–Trinajstić information content (AvgIpc) is 3.98. The molecule has 4 aromatic carbocycles. The first-order chi connectivity index (χ1) is 29.5. The number of benzene rings is 4. The number of thiazole rings is 2. The smallest absolute Gasteiger partial charge is 0.269 e. The molecule has 22 heteroatoms. The maximum Gasteiger partial charge on any atom is 0.269 e. The third-order valence-corrected chi connectivity index (χ3v) is 16.8. The van der Waals surface area contributed by atoms with Gasteiger partial charge in [-0.25, -0.2) is 26.8 Å². The lowest BCUT2D eigenvalue weighted by atomic mass is 10.1. The molecule has 0 saturated carbocycles. The van der Waals surface area contributed by atoms with Crippen LogP contribution in [0.5, 0.6) is 0 Å². The second kappa shape index (κ2) is 18.7. The highest BCUT2D eigenvalue weighted by atomic mass is 35.5. The fourth-order valence-electron chi connectivity index (χ4n) is 6.66. The molecule has 0 radical (unpaired) electrons. The van der Waals surface area contributed by atoms with Gasteiger partial charge in [-0.3, -0.25) is 20.2 Å². The summed E-state index contributed by atoms with van der Waals surface area (Å²) < 4.78 is 54.3. The molecule has 324 valence electrons. The normalized spacial score (nSPS) is 15.2. The number of hydrogen-bond acceptors (Lipinski definition) is 14. The number of aromatic nitrogens is 2. The van der Waals surface area contributed by atoms with Crippen molar-refractivity contribution in [3.63, 3.8) is 0 Å². The minimum atomic E-state index is -3.72. The predicted molar refractivity (Wildman–Crippen MR) is 243 cm³/mol. The van der Waals surface area contributed by atoms with E-state index < -0.39 is 29.9 Å². The molecule has 0 bridgehead atoms. The Morgan fingerprint density at radius 3 is 1.34 bits per heavy atom. The van der Waals surface area contributed by atoms with Crippen LogP contribution in [-0.4, -0.2) is 97.6 Å². The van der Waals surface area contributed by atoms with Crippen LogP contribution in [-0.2, 0) is 20.0 Å². The lowest BCUT2D eigenvalue weighted by Gasteiger charge is -2.33. The SMILES string of the molecule is Cc1ccc(-c2csc(N3CCN(S(=O)(=O)c4ccc([N+](=O)[O-])cc4)CC3)n2)cc1C.O=[N+]([O-])c1ccc(S(=O)(=O)N2CCN(c3nc(-c4ccc(Cl)c(Cl)c4)cs3)CC2)cc1. The Kier molecular flexibility index (Phi) is 13.6. The van der Waals surface area contributed by atoms with Gasteiger partial charge in [0.05, 0.1) is 41.1 Å². The molecule has 0 aliphatic carbocycles. The Balaban J connectivity index is 0.000000186. The van der Waals surface area contributed by atoms with Crippen LogP contribution in [0, 0.1) is 34.1 Å². The lowest BCUT2D eigenvalue weighted by molar-refractivity contribution is -0.385. The highest BCUT2D eigenvalue weighted by molar-refractivity contribution is 7.89. The molecule has 6 aromatic rings. The summed E-state index contributed by atoms with van der Waals surface area (Å²) in [5.41, 5.74) is 5.81. The summed E-state index contributed by atoms with van der Waals surface area (Å²) in [6.45, 7) is 7.45. The van der Waals surface area contributed by atoms with Gasteiger partial charge in [0, 0.05) is 98.5 Å². The van der Waals surface area contributed by atoms with E-state index in [-0.39, 0.29) is 21.2 Å². The fourth-order valence-corrected chi connectivity index (χ4v) is 11.6. The van der Waals surface area contributed by atoms with Crippen LogP contribution in [0.15, 0.2) is 105 Å². The zero-order chi connectivity index (χ0) is 44.3. The van der Waals surface area contributed by atoms with Crippen molar-refractivity contribution in [2.45, 2.75) is 23.6 Å². The number of halogens is 2. The third-order valence-electron chi connectivity index (χ3n) is 10.4. The van der Waals surface area contributed by atoms with Gasteiger partial charge in [0.1, 0.15) is 0 Å². The second-order valence-electron chi connectivity index (χ2n) is 14.2. The van der Waals surface area contributed by atoms with Crippen molar-refractivity contribution < 1.29 is 26.7 Å². The van der Waals surface area contributed by atoms with E-state index in [0.29, 0.717) is 62.4 Å². The number of anilines is 2. The van der Waals surface area contributed by atoms with Gasteiger partial charge in [0.2, 0.25) is 20.0 Å². The molecular weight excluding hydrogens is 920 g/mol. The van der Waals surface area contributed by atoms with Crippen LogP contribution in [0.3, 0.4) is 0 Å². The summed E-state index contributed by atoms with van der Waals surface area (Å²) in [5.74, 6) is 0. The molecule has 16 nitrogen and oxygen atoms in total. The molecule has 62 heavy (non-hydrogen) atoms. The molecule has 8 rings (SSSR count). The van der Waals surface area contributed by atoms with Gasteiger partial charge >= 0.3 is 0 Å². The Hall–Kier alpha value is -5.06. The first-order valence-corrected chi connectivity index (χ1v) is 24.3. The largest absolute Gasteiger partial charge is 0.345 e. The van der Waals surface area contributed by atoms with Gasteiger partial charge in [0.15, 0.2) is 10.3 Å². The zero-order valence-electron chi connectivity index (χ0n) is 33.1. The van der Waals surface area contributed by atoms with E-state index in [1.165, 1.54) is 79.6 Å². The maximum atomic E-state index is 12.9. The predicted octanol–water partition coefficient (Wildman–Crippen LogP) is 8.38. The van der Waals surface area contributed by atoms with Gasteiger partial charge in [-0.2, -0.15) is 8.61 Å². The number of non-ortho nitro benzene ring substituents is 2. The Morgan fingerprint density at radius 2 is 0.952 bits per heavy atom. The van der Waals surface area contributed by atoms with Gasteiger partial charge < -0.3 is 9.80 Å². The number of sulfonamides is 2. The summed E-state index contributed by atoms with van der Waals surface area (Å²) in [7, 11) is -7.41. The molecule has 2 aliphatic rings. The van der Waals surface area contributed by atoms with E-state index >= 15 is 0 Å². The molecule has 2 aliphatic heterocycles. The van der Waals surface area contributed by atoms with Crippen molar-refractivity contribution in [1.82, 2.24) is 18.6 Å². The molecule has 0 atom stereocenters. The van der Waals surface area contributed by atoms with E-state index in [0.717, 1.165) is 32.8 Å². The highest BCUT2D eigenvalue weighted by Gasteiger charge is 2.31. The minimum Gasteiger partial charge on any atom is -0.345 e. The number of aryl methyl sites for hydroxylation is 2. The fraction of sp³-hybridized carbons (Fsp3) is 0.250. The Morgan fingerprint density at radius 1 is 0.548 bits per heavy atom. The zero-order valence-corrected chi connectivity index (χ0v) is 37.9. The van der Waals surface area contributed by atoms with Crippen LogP contribution in [0.4, 0.5) is 21.6 Å². The Bertz CT molecular complexity index is 2630. The first kappa shape index (κ1) is 45.0. The number of hydrogen-bond donors (Lipinski definition) is 0. The van der Waals surface area contributed by atoms with Crippen LogP contribution in [0.2, 0.25) is 10.0 Å². The van der Waals surface area contributed by atoms with Crippen LogP contribution < -0.4 is 9.80 Å². The van der Waals surface area contributed by atoms with Gasteiger partial charge in [0.25, 0.3) is 11.4 Å². The third kappa shape index (κ3) is 9.92. The summed E-state index contributed by atoms with van der Waals surface area (Å²) in [5, 5.41) is 28.1. The number of nitro benzene ring substituents is 2. The lowest BCUT2D eigenvalue weighted by Crippen LogP contribution is -2.48. The maximum absolute atomic E-state index is 12.9. The standard InChI is InChI=1S/C21H22N4O4S2.C19H16Cl2N4O4S2/c1-15-3-4-17(13-16(15)2)20-14-30-21(22-20)23-9-11-24(12-10-23)31(28,29)19-7-5-18(6-8-19)25(26)27;20-16-6-1-13(11-17(16)21)18-12-30-19(22-18)23-7-9-24(10-8-23)31(28,29)15-4-2-14(3-5-15)25(26)27/h3-8,13-14H,9-12H2,1-2H3;1-6,11-12H,7-10H2. The molecule has 4 heterocycles. The minimum absolute atomic E-state index is 0.0442. The van der Waals surface area contributed by atoms with Crippen LogP contribution >= 0.6 is 45.9 Å². The summed E-state index contributed by atoms with van der Waals surface area (Å²) in [4.78, 5) is 34.1. The molecule has 2 saturated heterocycles. The number of piperazine rings is 2. The Labute approximate surface area is 376 Å². The first-order valence-electron chi connectivity index (χ1n) is 18.9. The van der Waals surface area contributed by atoms with Crippen LogP contribution in [0.1, 0.15) is 11.1 Å². The molecule has 2 fully saturated rings. The molecule has 0 amide bonds. The van der Waals surface area contributed by atoms with Crippen molar-refractivity contribution in [3.05, 3.63) is 137 Å². The van der Waals surface area contributed by atoms with Gasteiger partial charge in [-0.1, -0.05) is 41.4 Å². The molecule has 0 N–H and O–H groups in total. The van der Waals surface area contributed by atoms with Gasteiger partial charge in [-0.15, -0.1) is 22.7 Å². The highest BCUT2D eigenvalue weighted by Crippen LogP contribution is 2.33. The summed E-state index contributed by atoms with van der Waals surface area (Å²) >= 11 is 15.1. The van der Waals surface area contributed by atoms with E-state index in [2.05, 4.69) is 41.9 Å². The summed E-state index contributed by atoms with van der Waals surface area (Å²) in [6, 6.07) is 21.6. The quantitative estimate of drug-likeness (QED) is 0.0942. The van der Waals surface area contributed by atoms with Gasteiger partial charge in [-0.05, 0) is 67.4 Å². The topological polar surface area (TPSA) is 193 Å². The van der Waals surface area contributed by atoms with E-state index in [9.17, 15) is 37.1 Å². The number of nitrogens with zero attached hydrogens (tertiary/aromatic N) is 8. The molecular formula is C40H38Cl2N8O8S4. The summed E-state index contributed by atoms with van der Waals surface area (Å²) in [6.07, 6.45) is 0. The second-order valence-corrected chi connectivity index (χ2v) is 20.6. The van der Waals surface area contributed by atoms with E-state index in [1.807, 2.05) is 21.7 Å². The van der Waals surface area contributed by atoms with Crippen molar-refractivity contribution in [3.8, 4) is 22.5 Å². The van der Waals surface area contributed by atoms with Crippen molar-refractivity contribution in [1.29, 1.82) is 0 Å². The molecule has 0 spiro atoms. The number of rotatable bonds is 10. The van der Waals surface area contributed by atoms with Crippen LogP contribution in [0.25, 0.3) is 22.5 Å². The van der Waals surface area contributed by atoms with Crippen molar-refractivity contribution >= 4 is 87.6 Å².